The Labute approximate surface area is 174 Å². The third-order valence-electron chi connectivity index (χ3n) is 3.84. The Morgan fingerprint density at radius 1 is 1.11 bits per heavy atom. The quantitative estimate of drug-likeness (QED) is 0.613. The first-order chi connectivity index (χ1) is 12.9. The molecular formula is C20H22Cl2N2O2S. The number of hydrogen-bond donors (Lipinski definition) is 1. The van der Waals surface area contributed by atoms with E-state index in [-0.39, 0.29) is 18.4 Å². The van der Waals surface area contributed by atoms with Gasteiger partial charge in [0.25, 0.3) is 5.91 Å². The zero-order valence-corrected chi connectivity index (χ0v) is 17.6. The largest absolute Gasteiger partial charge is 0.355 e. The van der Waals surface area contributed by atoms with E-state index in [0.29, 0.717) is 34.5 Å². The van der Waals surface area contributed by atoms with Crippen molar-refractivity contribution in [3.05, 3.63) is 63.6 Å². The molecule has 0 saturated heterocycles. The topological polar surface area (TPSA) is 49.4 Å². The summed E-state index contributed by atoms with van der Waals surface area (Å²) in [7, 11) is 0. The summed E-state index contributed by atoms with van der Waals surface area (Å²) in [6.07, 6.45) is 0. The van der Waals surface area contributed by atoms with Crippen molar-refractivity contribution in [3.8, 4) is 0 Å². The summed E-state index contributed by atoms with van der Waals surface area (Å²) in [5.74, 6) is 0.343. The fourth-order valence-electron chi connectivity index (χ4n) is 2.48. The van der Waals surface area contributed by atoms with Crippen molar-refractivity contribution in [3.63, 3.8) is 0 Å². The van der Waals surface area contributed by atoms with E-state index in [1.807, 2.05) is 38.1 Å². The monoisotopic (exact) mass is 424 g/mol. The molecule has 2 rings (SSSR count). The highest BCUT2D eigenvalue weighted by Gasteiger charge is 2.17. The van der Waals surface area contributed by atoms with Crippen LogP contribution in [0.15, 0.2) is 47.4 Å². The molecule has 4 nitrogen and oxygen atoms in total. The van der Waals surface area contributed by atoms with E-state index in [1.165, 1.54) is 4.90 Å². The maximum Gasteiger partial charge on any atom is 0.254 e. The molecule has 144 valence electrons. The van der Waals surface area contributed by atoms with E-state index in [0.717, 1.165) is 10.5 Å². The Morgan fingerprint density at radius 3 is 2.59 bits per heavy atom. The van der Waals surface area contributed by atoms with Gasteiger partial charge in [0.2, 0.25) is 5.91 Å². The van der Waals surface area contributed by atoms with Gasteiger partial charge in [-0.25, -0.2) is 0 Å². The van der Waals surface area contributed by atoms with Gasteiger partial charge in [-0.15, -0.1) is 11.8 Å². The second-order valence-corrected chi connectivity index (χ2v) is 7.70. The molecule has 1 N–H and O–H groups in total. The lowest BCUT2D eigenvalue weighted by atomic mass is 10.1. The van der Waals surface area contributed by atoms with Gasteiger partial charge in [-0.05, 0) is 49.7 Å². The van der Waals surface area contributed by atoms with Crippen LogP contribution in [0.3, 0.4) is 0 Å². The van der Waals surface area contributed by atoms with E-state index in [1.54, 1.807) is 30.0 Å². The van der Waals surface area contributed by atoms with Crippen LogP contribution >= 0.6 is 35.0 Å². The van der Waals surface area contributed by atoms with Crippen molar-refractivity contribution in [2.24, 2.45) is 0 Å². The minimum Gasteiger partial charge on any atom is -0.355 e. The summed E-state index contributed by atoms with van der Waals surface area (Å²) in [6, 6.07) is 12.8. The maximum atomic E-state index is 12.7. The van der Waals surface area contributed by atoms with E-state index in [2.05, 4.69) is 5.32 Å². The first kappa shape index (κ1) is 21.6. The number of rotatable bonds is 8. The van der Waals surface area contributed by atoms with E-state index in [9.17, 15) is 9.59 Å². The molecule has 0 aromatic heterocycles. The van der Waals surface area contributed by atoms with Crippen molar-refractivity contribution in [1.82, 2.24) is 10.2 Å². The minimum absolute atomic E-state index is 0.0558. The highest BCUT2D eigenvalue weighted by molar-refractivity contribution is 7.98. The molecule has 0 saturated carbocycles. The summed E-state index contributed by atoms with van der Waals surface area (Å²) < 4.78 is 0. The van der Waals surface area contributed by atoms with Crippen LogP contribution < -0.4 is 5.32 Å². The molecule has 2 amide bonds. The normalized spacial score (nSPS) is 10.5. The lowest BCUT2D eigenvalue weighted by molar-refractivity contribution is -0.121. The molecule has 0 bridgehead atoms. The Morgan fingerprint density at radius 2 is 1.89 bits per heavy atom. The fourth-order valence-corrected chi connectivity index (χ4v) is 3.92. The van der Waals surface area contributed by atoms with Gasteiger partial charge in [0, 0.05) is 34.3 Å². The lowest BCUT2D eigenvalue weighted by Gasteiger charge is -2.20. The molecule has 0 fully saturated rings. The number of benzene rings is 2. The van der Waals surface area contributed by atoms with Crippen LogP contribution in [0.25, 0.3) is 0 Å². The highest BCUT2D eigenvalue weighted by Crippen LogP contribution is 2.32. The van der Waals surface area contributed by atoms with Crippen molar-refractivity contribution in [2.75, 3.05) is 19.6 Å². The Hall–Kier alpha value is -1.69. The Kier molecular flexibility index (Phi) is 8.48. The maximum absolute atomic E-state index is 12.7. The molecule has 0 radical (unpaired) electrons. The zero-order chi connectivity index (χ0) is 19.8. The second-order valence-electron chi connectivity index (χ2n) is 5.84. The molecule has 0 aliphatic carbocycles. The number of carbonyl (C=O) groups is 2. The van der Waals surface area contributed by atoms with Crippen LogP contribution in [0.4, 0.5) is 0 Å². The van der Waals surface area contributed by atoms with Crippen LogP contribution in [-0.2, 0) is 10.5 Å². The molecule has 7 heteroatoms. The molecule has 0 aliphatic heterocycles. The molecule has 0 spiro atoms. The van der Waals surface area contributed by atoms with Gasteiger partial charge >= 0.3 is 0 Å². The number of hydrogen-bond acceptors (Lipinski definition) is 3. The van der Waals surface area contributed by atoms with E-state index < -0.39 is 0 Å². The van der Waals surface area contributed by atoms with Gasteiger partial charge in [-0.3, -0.25) is 9.59 Å². The lowest BCUT2D eigenvalue weighted by Crippen LogP contribution is -2.40. The van der Waals surface area contributed by atoms with Crippen molar-refractivity contribution in [1.29, 1.82) is 0 Å². The first-order valence-corrected chi connectivity index (χ1v) is 10.4. The van der Waals surface area contributed by atoms with Crippen molar-refractivity contribution >= 4 is 46.8 Å². The van der Waals surface area contributed by atoms with E-state index >= 15 is 0 Å². The van der Waals surface area contributed by atoms with Crippen LogP contribution in [0.2, 0.25) is 10.0 Å². The third kappa shape index (κ3) is 6.45. The Bertz CT molecular complexity index is 814. The molecule has 0 aliphatic rings. The van der Waals surface area contributed by atoms with Gasteiger partial charge in [0.15, 0.2) is 0 Å². The summed E-state index contributed by atoms with van der Waals surface area (Å²) in [5.41, 5.74) is 1.56. The predicted octanol–water partition coefficient (Wildman–Crippen LogP) is 4.88. The number of amides is 2. The van der Waals surface area contributed by atoms with Crippen LogP contribution in [0.5, 0.6) is 0 Å². The molecule has 0 atom stereocenters. The smallest absolute Gasteiger partial charge is 0.254 e. The standard InChI is InChI=1S/C20H22Cl2N2O2S/c1-3-23-19(25)12-24(4-2)20(26)15-7-5-6-14(10-15)13-27-18-11-16(21)8-9-17(18)22/h5-11H,3-4,12-13H2,1-2H3,(H,23,25). The number of nitrogens with zero attached hydrogens (tertiary/aromatic N) is 1. The average molecular weight is 425 g/mol. The highest BCUT2D eigenvalue weighted by atomic mass is 35.5. The first-order valence-electron chi connectivity index (χ1n) is 8.67. The molecule has 27 heavy (non-hydrogen) atoms. The third-order valence-corrected chi connectivity index (χ3v) is 5.64. The molecular weight excluding hydrogens is 403 g/mol. The zero-order valence-electron chi connectivity index (χ0n) is 15.3. The molecule has 0 heterocycles. The number of likely N-dealkylation sites (N-methyl/N-ethyl adjacent to an activating group) is 2. The predicted molar refractivity (Wildman–Crippen MR) is 113 cm³/mol. The SMILES string of the molecule is CCNC(=O)CN(CC)C(=O)c1cccc(CSc2cc(Cl)ccc2Cl)c1. The molecule has 2 aromatic carbocycles. The van der Waals surface area contributed by atoms with Crippen LogP contribution in [0, 0.1) is 0 Å². The van der Waals surface area contributed by atoms with E-state index in [4.69, 9.17) is 23.2 Å². The van der Waals surface area contributed by atoms with Gasteiger partial charge in [-0.1, -0.05) is 35.3 Å². The number of halogens is 2. The van der Waals surface area contributed by atoms with Gasteiger partial charge in [0.05, 0.1) is 11.6 Å². The number of thioether (sulfide) groups is 1. The van der Waals surface area contributed by atoms with Crippen LogP contribution in [-0.4, -0.2) is 36.3 Å². The summed E-state index contributed by atoms with van der Waals surface area (Å²) in [4.78, 5) is 27.0. The molecule has 0 unspecified atom stereocenters. The minimum atomic E-state index is -0.157. The second kappa shape index (κ2) is 10.6. The fraction of sp³-hybridized carbons (Fsp3) is 0.300. The van der Waals surface area contributed by atoms with Gasteiger partial charge < -0.3 is 10.2 Å². The number of carbonyl (C=O) groups excluding carboxylic acids is 2. The summed E-state index contributed by atoms with van der Waals surface area (Å²) in [6.45, 7) is 4.78. The number of nitrogens with one attached hydrogen (secondary N) is 1. The molecule has 2 aromatic rings. The summed E-state index contributed by atoms with van der Waals surface area (Å²) in [5, 5.41) is 4.00. The van der Waals surface area contributed by atoms with Crippen LogP contribution in [0.1, 0.15) is 29.8 Å². The van der Waals surface area contributed by atoms with Crippen molar-refractivity contribution in [2.45, 2.75) is 24.5 Å². The average Bonchev–Trinajstić information content (AvgIpc) is 2.66. The summed E-state index contributed by atoms with van der Waals surface area (Å²) >= 11 is 13.8. The van der Waals surface area contributed by atoms with Crippen molar-refractivity contribution < 1.29 is 9.59 Å². The van der Waals surface area contributed by atoms with Gasteiger partial charge in [-0.2, -0.15) is 0 Å². The van der Waals surface area contributed by atoms with Gasteiger partial charge in [0.1, 0.15) is 0 Å². The Balaban J connectivity index is 2.08.